The minimum atomic E-state index is -0.948. The van der Waals surface area contributed by atoms with Crippen LogP contribution >= 0.6 is 0 Å². The molecule has 21 heavy (non-hydrogen) atoms. The van der Waals surface area contributed by atoms with E-state index in [0.717, 1.165) is 5.56 Å². The van der Waals surface area contributed by atoms with E-state index < -0.39 is 11.9 Å². The smallest absolute Gasteiger partial charge is 0.133 e. The maximum absolute atomic E-state index is 14.1. The normalized spacial score (nSPS) is 16.3. The molecule has 0 heterocycles. The molecular formula is C18H19FO2. The minimum Gasteiger partial charge on any atom is -0.497 e. The molecule has 1 saturated carbocycles. The zero-order chi connectivity index (χ0) is 14.8. The number of benzene rings is 2. The monoisotopic (exact) mass is 286 g/mol. The van der Waals surface area contributed by atoms with Gasteiger partial charge in [0, 0.05) is 11.6 Å². The van der Waals surface area contributed by atoms with Crippen molar-refractivity contribution in [3.63, 3.8) is 0 Å². The highest BCUT2D eigenvalue weighted by atomic mass is 19.1. The Morgan fingerprint density at radius 1 is 1.19 bits per heavy atom. The predicted octanol–water partition coefficient (Wildman–Crippen LogP) is 4.18. The minimum absolute atomic E-state index is 0.279. The van der Waals surface area contributed by atoms with Crippen molar-refractivity contribution in [3.8, 4) is 5.75 Å². The molecule has 1 unspecified atom stereocenters. The summed E-state index contributed by atoms with van der Waals surface area (Å²) < 4.78 is 19.1. The first-order valence-corrected chi connectivity index (χ1v) is 7.30. The van der Waals surface area contributed by atoms with Crippen molar-refractivity contribution in [3.05, 3.63) is 65.0 Å². The molecular weight excluding hydrogens is 267 g/mol. The lowest BCUT2D eigenvalue weighted by Crippen LogP contribution is -2.10. The fraction of sp³-hybridized carbons (Fsp3) is 0.333. The van der Waals surface area contributed by atoms with E-state index >= 15 is 0 Å². The summed E-state index contributed by atoms with van der Waals surface area (Å²) in [5, 5.41) is 10.5. The standard InChI is InChI=1S/C18H19FO2/c1-21-15-8-9-16(17(19)11-15)18(20)14-7-3-6-13(10-14)12-4-2-5-12/h3,6-12,18,20H,2,4-5H2,1H3. The molecule has 0 amide bonds. The summed E-state index contributed by atoms with van der Waals surface area (Å²) in [6.45, 7) is 0. The second kappa shape index (κ2) is 5.86. The lowest BCUT2D eigenvalue weighted by atomic mass is 9.79. The van der Waals surface area contributed by atoms with Crippen LogP contribution in [0.1, 0.15) is 48.0 Å². The van der Waals surface area contributed by atoms with Crippen LogP contribution in [-0.2, 0) is 0 Å². The number of hydrogen-bond donors (Lipinski definition) is 1. The third-order valence-electron chi connectivity index (χ3n) is 4.31. The van der Waals surface area contributed by atoms with E-state index in [9.17, 15) is 9.50 Å². The molecule has 2 aromatic rings. The quantitative estimate of drug-likeness (QED) is 0.913. The molecule has 1 N–H and O–H groups in total. The molecule has 0 radical (unpaired) electrons. The van der Waals surface area contributed by atoms with Gasteiger partial charge < -0.3 is 9.84 Å². The van der Waals surface area contributed by atoms with Gasteiger partial charge >= 0.3 is 0 Å². The zero-order valence-corrected chi connectivity index (χ0v) is 12.1. The number of methoxy groups -OCH3 is 1. The van der Waals surface area contributed by atoms with Crippen LogP contribution in [0, 0.1) is 5.82 Å². The van der Waals surface area contributed by atoms with Crippen LogP contribution in [-0.4, -0.2) is 12.2 Å². The summed E-state index contributed by atoms with van der Waals surface area (Å²) in [6, 6.07) is 12.4. The van der Waals surface area contributed by atoms with Gasteiger partial charge in [-0.1, -0.05) is 30.7 Å². The van der Waals surface area contributed by atoms with Gasteiger partial charge in [-0.3, -0.25) is 0 Å². The van der Waals surface area contributed by atoms with E-state index in [1.54, 1.807) is 12.1 Å². The Balaban J connectivity index is 1.89. The first-order chi connectivity index (χ1) is 10.2. The van der Waals surface area contributed by atoms with Crippen LogP contribution in [0.3, 0.4) is 0 Å². The van der Waals surface area contributed by atoms with Gasteiger partial charge in [-0.15, -0.1) is 0 Å². The number of hydrogen-bond acceptors (Lipinski definition) is 2. The van der Waals surface area contributed by atoms with Crippen LogP contribution in [0.4, 0.5) is 4.39 Å². The third-order valence-corrected chi connectivity index (χ3v) is 4.31. The Bertz CT molecular complexity index is 635. The van der Waals surface area contributed by atoms with Gasteiger partial charge in [-0.25, -0.2) is 4.39 Å². The molecule has 1 atom stereocenters. The van der Waals surface area contributed by atoms with Crippen molar-refractivity contribution in [1.82, 2.24) is 0 Å². The number of aliphatic hydroxyl groups excluding tert-OH is 1. The van der Waals surface area contributed by atoms with Gasteiger partial charge in [0.05, 0.1) is 7.11 Å². The Hall–Kier alpha value is -1.87. The molecule has 0 bridgehead atoms. The molecule has 1 fully saturated rings. The molecule has 0 aliphatic heterocycles. The molecule has 1 aliphatic carbocycles. The number of rotatable bonds is 4. The molecule has 0 saturated heterocycles. The molecule has 2 nitrogen and oxygen atoms in total. The zero-order valence-electron chi connectivity index (χ0n) is 12.1. The average molecular weight is 286 g/mol. The van der Waals surface area contributed by atoms with Crippen molar-refractivity contribution in [2.24, 2.45) is 0 Å². The summed E-state index contributed by atoms with van der Waals surface area (Å²) >= 11 is 0. The summed E-state index contributed by atoms with van der Waals surface area (Å²) in [5.74, 6) is 0.598. The molecule has 1 aliphatic rings. The van der Waals surface area contributed by atoms with Gasteiger partial charge in [0.15, 0.2) is 0 Å². The van der Waals surface area contributed by atoms with Gasteiger partial charge in [0.2, 0.25) is 0 Å². The van der Waals surface area contributed by atoms with E-state index in [0.29, 0.717) is 11.7 Å². The molecule has 2 aromatic carbocycles. The van der Waals surface area contributed by atoms with E-state index in [1.807, 2.05) is 18.2 Å². The number of aliphatic hydroxyl groups is 1. The first kappa shape index (κ1) is 14.1. The molecule has 0 spiro atoms. The van der Waals surface area contributed by atoms with Gasteiger partial charge in [0.25, 0.3) is 0 Å². The maximum Gasteiger partial charge on any atom is 0.133 e. The van der Waals surface area contributed by atoms with Crippen LogP contribution < -0.4 is 4.74 Å². The Morgan fingerprint density at radius 2 is 2.00 bits per heavy atom. The van der Waals surface area contributed by atoms with Crippen molar-refractivity contribution in [2.45, 2.75) is 31.3 Å². The van der Waals surface area contributed by atoms with Crippen LogP contribution in [0.2, 0.25) is 0 Å². The largest absolute Gasteiger partial charge is 0.497 e. The van der Waals surface area contributed by atoms with Gasteiger partial charge in [0.1, 0.15) is 17.7 Å². The topological polar surface area (TPSA) is 29.5 Å². The summed E-state index contributed by atoms with van der Waals surface area (Å²) in [6.07, 6.45) is 2.73. The summed E-state index contributed by atoms with van der Waals surface area (Å²) in [4.78, 5) is 0. The molecule has 0 aromatic heterocycles. The van der Waals surface area contributed by atoms with Gasteiger partial charge in [-0.05, 0) is 42.0 Å². The fourth-order valence-electron chi connectivity index (χ4n) is 2.76. The molecule has 3 heteroatoms. The highest BCUT2D eigenvalue weighted by Gasteiger charge is 2.21. The second-order valence-corrected chi connectivity index (χ2v) is 5.59. The highest BCUT2D eigenvalue weighted by Crippen LogP contribution is 2.37. The van der Waals surface area contributed by atoms with E-state index in [1.165, 1.54) is 38.0 Å². The van der Waals surface area contributed by atoms with Crippen LogP contribution in [0.5, 0.6) is 5.75 Å². The van der Waals surface area contributed by atoms with E-state index in [4.69, 9.17) is 4.74 Å². The molecule has 3 rings (SSSR count). The van der Waals surface area contributed by atoms with Crippen molar-refractivity contribution in [1.29, 1.82) is 0 Å². The third kappa shape index (κ3) is 2.79. The van der Waals surface area contributed by atoms with Gasteiger partial charge in [-0.2, -0.15) is 0 Å². The summed E-state index contributed by atoms with van der Waals surface area (Å²) in [7, 11) is 1.49. The van der Waals surface area contributed by atoms with Crippen LogP contribution in [0.15, 0.2) is 42.5 Å². The van der Waals surface area contributed by atoms with Crippen molar-refractivity contribution >= 4 is 0 Å². The van der Waals surface area contributed by atoms with Crippen molar-refractivity contribution < 1.29 is 14.2 Å². The first-order valence-electron chi connectivity index (χ1n) is 7.30. The average Bonchev–Trinajstić information content (AvgIpc) is 2.45. The van der Waals surface area contributed by atoms with E-state index in [-0.39, 0.29) is 5.56 Å². The Labute approximate surface area is 124 Å². The SMILES string of the molecule is COc1ccc(C(O)c2cccc(C3CCC3)c2)c(F)c1. The van der Waals surface area contributed by atoms with Crippen molar-refractivity contribution in [2.75, 3.05) is 7.11 Å². The van der Waals surface area contributed by atoms with Crippen LogP contribution in [0.25, 0.3) is 0 Å². The Morgan fingerprint density at radius 3 is 2.62 bits per heavy atom. The maximum atomic E-state index is 14.1. The van der Waals surface area contributed by atoms with E-state index in [2.05, 4.69) is 6.07 Å². The lowest BCUT2D eigenvalue weighted by molar-refractivity contribution is 0.214. The molecule has 110 valence electrons. The Kier molecular flexibility index (Phi) is 3.93. The number of halogens is 1. The predicted molar refractivity (Wildman–Crippen MR) is 80.0 cm³/mol. The lowest BCUT2D eigenvalue weighted by Gasteiger charge is -2.26. The summed E-state index contributed by atoms with van der Waals surface area (Å²) in [5.41, 5.74) is 2.26. The second-order valence-electron chi connectivity index (χ2n) is 5.59. The fourth-order valence-corrected chi connectivity index (χ4v) is 2.76. The highest BCUT2D eigenvalue weighted by molar-refractivity contribution is 5.37. The number of ether oxygens (including phenoxy) is 1.